The van der Waals surface area contributed by atoms with Crippen LogP contribution in [0.15, 0.2) is 18.2 Å². The van der Waals surface area contributed by atoms with E-state index in [4.69, 9.17) is 5.11 Å². The van der Waals surface area contributed by atoms with E-state index < -0.39 is 5.97 Å². The van der Waals surface area contributed by atoms with Crippen molar-refractivity contribution in [3.63, 3.8) is 0 Å². The van der Waals surface area contributed by atoms with Crippen molar-refractivity contribution < 1.29 is 9.90 Å². The summed E-state index contributed by atoms with van der Waals surface area (Å²) < 4.78 is 0. The Morgan fingerprint density at radius 2 is 2.18 bits per heavy atom. The van der Waals surface area contributed by atoms with Gasteiger partial charge in [0.1, 0.15) is 5.82 Å². The molecular formula is C13H14N2O2. The van der Waals surface area contributed by atoms with E-state index in [0.29, 0.717) is 23.6 Å². The first-order valence-electron chi connectivity index (χ1n) is 5.90. The number of allylic oxidation sites excluding steroid dienone is 2. The highest BCUT2D eigenvalue weighted by Crippen LogP contribution is 2.48. The summed E-state index contributed by atoms with van der Waals surface area (Å²) in [7, 11) is 0. The third-order valence-electron chi connectivity index (χ3n) is 3.74. The molecule has 0 spiro atoms. The molecule has 1 aromatic rings. The zero-order valence-corrected chi connectivity index (χ0v) is 9.63. The van der Waals surface area contributed by atoms with Crippen LogP contribution >= 0.6 is 0 Å². The minimum absolute atomic E-state index is 0.110. The fourth-order valence-electron chi connectivity index (χ4n) is 3.01. The van der Waals surface area contributed by atoms with E-state index in [-0.39, 0.29) is 5.69 Å². The average Bonchev–Trinajstić information content (AvgIpc) is 2.89. The summed E-state index contributed by atoms with van der Waals surface area (Å²) in [5.74, 6) is 1.15. The summed E-state index contributed by atoms with van der Waals surface area (Å²) in [6.07, 6.45) is 6.80. The summed E-state index contributed by atoms with van der Waals surface area (Å²) >= 11 is 0. The third-order valence-corrected chi connectivity index (χ3v) is 3.74. The predicted molar refractivity (Wildman–Crippen MR) is 61.8 cm³/mol. The number of hydrogen-bond donors (Lipinski definition) is 1. The second-order valence-electron chi connectivity index (χ2n) is 4.92. The first-order chi connectivity index (χ1) is 8.13. The van der Waals surface area contributed by atoms with Gasteiger partial charge in [0.05, 0.1) is 0 Å². The van der Waals surface area contributed by atoms with Crippen LogP contribution < -0.4 is 0 Å². The fraction of sp³-hybridized carbons (Fsp3) is 0.462. The minimum Gasteiger partial charge on any atom is -0.477 e. The Kier molecular flexibility index (Phi) is 2.24. The van der Waals surface area contributed by atoms with Crippen LogP contribution in [0.4, 0.5) is 0 Å². The van der Waals surface area contributed by atoms with E-state index in [2.05, 4.69) is 22.1 Å². The normalized spacial score (nSPS) is 29.8. The average molecular weight is 230 g/mol. The minimum atomic E-state index is -0.976. The van der Waals surface area contributed by atoms with Gasteiger partial charge in [-0.2, -0.15) is 0 Å². The molecule has 2 bridgehead atoms. The van der Waals surface area contributed by atoms with Gasteiger partial charge in [-0.25, -0.2) is 14.8 Å². The van der Waals surface area contributed by atoms with Crippen LogP contribution in [0.3, 0.4) is 0 Å². The van der Waals surface area contributed by atoms with E-state index in [1.54, 1.807) is 13.0 Å². The molecule has 17 heavy (non-hydrogen) atoms. The molecule has 2 aliphatic rings. The summed E-state index contributed by atoms with van der Waals surface area (Å²) in [6, 6.07) is 1.63. The SMILES string of the molecule is Cc1nc(C(=O)O)cc(C2CC3C=CC2C3)n1. The van der Waals surface area contributed by atoms with E-state index in [9.17, 15) is 4.79 Å². The third kappa shape index (κ3) is 1.73. The van der Waals surface area contributed by atoms with Crippen LogP contribution in [0.5, 0.6) is 0 Å². The van der Waals surface area contributed by atoms with Gasteiger partial charge in [0.25, 0.3) is 0 Å². The molecule has 0 aliphatic heterocycles. The standard InChI is InChI=1S/C13H14N2O2/c1-7-14-11(6-12(15-7)13(16)17)10-5-8-2-3-9(10)4-8/h2-3,6,8-10H,4-5H2,1H3,(H,16,17). The highest BCUT2D eigenvalue weighted by molar-refractivity contribution is 5.85. The molecule has 1 fully saturated rings. The van der Waals surface area contributed by atoms with Crippen LogP contribution in [-0.4, -0.2) is 21.0 Å². The molecule has 4 heteroatoms. The quantitative estimate of drug-likeness (QED) is 0.791. The lowest BCUT2D eigenvalue weighted by atomic mass is 9.90. The zero-order chi connectivity index (χ0) is 12.0. The Labute approximate surface area is 99.4 Å². The zero-order valence-electron chi connectivity index (χ0n) is 9.63. The van der Waals surface area contributed by atoms with Crippen molar-refractivity contribution in [1.29, 1.82) is 0 Å². The number of hydrogen-bond acceptors (Lipinski definition) is 3. The molecule has 88 valence electrons. The van der Waals surface area contributed by atoms with Crippen molar-refractivity contribution in [2.24, 2.45) is 11.8 Å². The lowest BCUT2D eigenvalue weighted by molar-refractivity contribution is 0.0689. The Balaban J connectivity index is 1.98. The van der Waals surface area contributed by atoms with Crippen molar-refractivity contribution in [2.75, 3.05) is 0 Å². The smallest absolute Gasteiger partial charge is 0.354 e. The van der Waals surface area contributed by atoms with Crippen LogP contribution in [0.1, 0.15) is 40.8 Å². The molecule has 0 amide bonds. The molecule has 1 heterocycles. The summed E-state index contributed by atoms with van der Waals surface area (Å²) in [5.41, 5.74) is 1.01. The number of aromatic nitrogens is 2. The van der Waals surface area contributed by atoms with Gasteiger partial charge in [0.15, 0.2) is 5.69 Å². The number of carboxylic acid groups (broad SMARTS) is 1. The summed E-state index contributed by atoms with van der Waals surface area (Å²) in [6.45, 7) is 1.75. The Morgan fingerprint density at radius 3 is 2.76 bits per heavy atom. The van der Waals surface area contributed by atoms with Gasteiger partial charge in [-0.1, -0.05) is 12.2 Å². The van der Waals surface area contributed by atoms with Gasteiger partial charge in [-0.15, -0.1) is 0 Å². The maximum atomic E-state index is 11.0. The number of carboxylic acids is 1. The van der Waals surface area contributed by atoms with Crippen LogP contribution in [-0.2, 0) is 0 Å². The molecular weight excluding hydrogens is 216 g/mol. The van der Waals surface area contributed by atoms with Crippen LogP contribution in [0.25, 0.3) is 0 Å². The second-order valence-corrected chi connectivity index (χ2v) is 4.92. The topological polar surface area (TPSA) is 63.1 Å². The number of carbonyl (C=O) groups is 1. The lowest BCUT2D eigenvalue weighted by Gasteiger charge is -2.17. The monoisotopic (exact) mass is 230 g/mol. The predicted octanol–water partition coefficient (Wildman–Crippen LogP) is 2.16. The fourth-order valence-corrected chi connectivity index (χ4v) is 3.01. The van der Waals surface area contributed by atoms with E-state index in [0.717, 1.165) is 12.1 Å². The summed E-state index contributed by atoms with van der Waals surface area (Å²) in [5, 5.41) is 9.00. The van der Waals surface area contributed by atoms with E-state index in [1.165, 1.54) is 6.42 Å². The second kappa shape index (κ2) is 3.65. The van der Waals surface area contributed by atoms with Crippen molar-refractivity contribution in [2.45, 2.75) is 25.7 Å². The van der Waals surface area contributed by atoms with E-state index >= 15 is 0 Å². The Morgan fingerprint density at radius 1 is 1.35 bits per heavy atom. The molecule has 4 nitrogen and oxygen atoms in total. The van der Waals surface area contributed by atoms with Crippen LogP contribution in [0, 0.1) is 18.8 Å². The molecule has 0 aromatic carbocycles. The number of nitrogens with zero attached hydrogens (tertiary/aromatic N) is 2. The maximum absolute atomic E-state index is 11.0. The first-order valence-corrected chi connectivity index (χ1v) is 5.90. The lowest BCUT2D eigenvalue weighted by Crippen LogP contribution is -2.12. The van der Waals surface area contributed by atoms with Crippen molar-refractivity contribution in [3.8, 4) is 0 Å². The number of fused-ring (bicyclic) bond motifs is 2. The number of rotatable bonds is 2. The molecule has 2 aliphatic carbocycles. The van der Waals surface area contributed by atoms with E-state index in [1.807, 2.05) is 0 Å². The molecule has 3 atom stereocenters. The molecule has 0 radical (unpaired) electrons. The molecule has 1 saturated carbocycles. The number of aryl methyl sites for hydroxylation is 1. The van der Waals surface area contributed by atoms with Gasteiger partial charge in [0.2, 0.25) is 0 Å². The van der Waals surface area contributed by atoms with Gasteiger partial charge in [0, 0.05) is 11.6 Å². The Bertz CT molecular complexity index is 510. The van der Waals surface area contributed by atoms with Gasteiger partial charge in [-0.3, -0.25) is 0 Å². The van der Waals surface area contributed by atoms with Crippen molar-refractivity contribution in [1.82, 2.24) is 9.97 Å². The molecule has 3 rings (SSSR count). The van der Waals surface area contributed by atoms with Gasteiger partial charge < -0.3 is 5.11 Å². The molecule has 1 N–H and O–H groups in total. The molecule has 3 unspecified atom stereocenters. The number of aromatic carboxylic acids is 1. The van der Waals surface area contributed by atoms with Gasteiger partial charge >= 0.3 is 5.97 Å². The first kappa shape index (κ1) is 10.4. The Hall–Kier alpha value is -1.71. The highest BCUT2D eigenvalue weighted by Gasteiger charge is 2.37. The maximum Gasteiger partial charge on any atom is 0.354 e. The van der Waals surface area contributed by atoms with Crippen molar-refractivity contribution in [3.05, 3.63) is 35.4 Å². The van der Waals surface area contributed by atoms with Gasteiger partial charge in [-0.05, 0) is 37.7 Å². The molecule has 0 saturated heterocycles. The van der Waals surface area contributed by atoms with Crippen LogP contribution in [0.2, 0.25) is 0 Å². The van der Waals surface area contributed by atoms with Crippen molar-refractivity contribution >= 4 is 5.97 Å². The highest BCUT2D eigenvalue weighted by atomic mass is 16.4. The largest absolute Gasteiger partial charge is 0.477 e. The molecule has 1 aromatic heterocycles. The summed E-state index contributed by atoms with van der Waals surface area (Å²) in [4.78, 5) is 19.3.